The Morgan fingerprint density at radius 3 is 1.84 bits per heavy atom. The molecule has 0 spiro atoms. The summed E-state index contributed by atoms with van der Waals surface area (Å²) in [6, 6.07) is 13.6. The SMILES string of the molecule is CCOC(=O)C(C#N)=C(c1ccc(C)cc1)c1cc(C(C)(C)C)c(O)c(C(C)(C)C)c1. The fraction of sp³-hybridized carbons (Fsp3) is 0.407. The number of ether oxygens (including phenoxy) is 1. The molecule has 0 fully saturated rings. The third-order valence-electron chi connectivity index (χ3n) is 5.20. The molecule has 2 aromatic rings. The molecule has 4 heteroatoms. The normalized spacial score (nSPS) is 12.7. The molecule has 4 nitrogen and oxygen atoms in total. The summed E-state index contributed by atoms with van der Waals surface area (Å²) in [6.45, 7) is 16.1. The predicted octanol–water partition coefficient (Wildman–Crippen LogP) is 6.18. The first kappa shape index (κ1) is 24.2. The molecule has 0 amide bonds. The van der Waals surface area contributed by atoms with Gasteiger partial charge >= 0.3 is 5.97 Å². The molecular weight excluding hydrogens is 386 g/mol. The Labute approximate surface area is 186 Å². The quantitative estimate of drug-likeness (QED) is 0.365. The minimum atomic E-state index is -0.650. The highest BCUT2D eigenvalue weighted by molar-refractivity contribution is 6.05. The first-order valence-electron chi connectivity index (χ1n) is 10.6. The van der Waals surface area contributed by atoms with Crippen LogP contribution in [0.3, 0.4) is 0 Å². The molecule has 2 rings (SSSR count). The maximum absolute atomic E-state index is 12.7. The van der Waals surface area contributed by atoms with Gasteiger partial charge in [-0.05, 0) is 47.9 Å². The van der Waals surface area contributed by atoms with E-state index in [4.69, 9.17) is 4.74 Å². The number of carbonyl (C=O) groups is 1. The highest BCUT2D eigenvalue weighted by Crippen LogP contribution is 2.42. The smallest absolute Gasteiger partial charge is 0.349 e. The lowest BCUT2D eigenvalue weighted by atomic mass is 9.77. The number of nitrogens with zero attached hydrogens (tertiary/aromatic N) is 1. The first-order valence-corrected chi connectivity index (χ1v) is 10.6. The molecule has 0 aromatic heterocycles. The second-order valence-electron chi connectivity index (χ2n) is 9.87. The number of aryl methyl sites for hydroxylation is 1. The van der Waals surface area contributed by atoms with Gasteiger partial charge in [-0.25, -0.2) is 4.79 Å². The van der Waals surface area contributed by atoms with E-state index in [0.717, 1.165) is 22.3 Å². The van der Waals surface area contributed by atoms with E-state index in [1.807, 2.05) is 84.9 Å². The summed E-state index contributed by atoms with van der Waals surface area (Å²) in [6.07, 6.45) is 0. The number of phenolic OH excluding ortho intramolecular Hbond substituents is 1. The number of esters is 1. The minimum Gasteiger partial charge on any atom is -0.507 e. The number of rotatable bonds is 4. The number of phenols is 1. The molecule has 0 atom stereocenters. The van der Waals surface area contributed by atoms with E-state index in [9.17, 15) is 15.2 Å². The standard InChI is InChI=1S/C27H33NO3/c1-9-31-25(30)20(16-28)23(18-12-10-17(2)11-13-18)19-14-21(26(3,4)5)24(29)22(15-19)27(6,7)8/h10-15,29H,9H2,1-8H3. The Bertz CT molecular complexity index is 1000. The van der Waals surface area contributed by atoms with E-state index < -0.39 is 5.97 Å². The van der Waals surface area contributed by atoms with Crippen molar-refractivity contribution in [1.29, 1.82) is 5.26 Å². The van der Waals surface area contributed by atoms with E-state index >= 15 is 0 Å². The molecule has 164 valence electrons. The molecule has 0 unspecified atom stereocenters. The molecule has 2 aromatic carbocycles. The largest absolute Gasteiger partial charge is 0.507 e. The van der Waals surface area contributed by atoms with Gasteiger partial charge in [0.15, 0.2) is 0 Å². The highest BCUT2D eigenvalue weighted by Gasteiger charge is 2.29. The summed E-state index contributed by atoms with van der Waals surface area (Å²) in [5.74, 6) is -0.398. The van der Waals surface area contributed by atoms with Gasteiger partial charge < -0.3 is 9.84 Å². The second-order valence-corrected chi connectivity index (χ2v) is 9.87. The number of nitriles is 1. The van der Waals surface area contributed by atoms with Crippen LogP contribution in [-0.2, 0) is 20.4 Å². The van der Waals surface area contributed by atoms with Crippen LogP contribution in [0, 0.1) is 18.3 Å². The van der Waals surface area contributed by atoms with Crippen molar-refractivity contribution in [2.75, 3.05) is 6.61 Å². The van der Waals surface area contributed by atoms with Crippen molar-refractivity contribution in [3.63, 3.8) is 0 Å². The van der Waals surface area contributed by atoms with Crippen LogP contribution in [0.25, 0.3) is 5.57 Å². The monoisotopic (exact) mass is 419 g/mol. The van der Waals surface area contributed by atoms with Gasteiger partial charge in [0.05, 0.1) is 6.61 Å². The Balaban J connectivity index is 3.00. The molecule has 0 aliphatic carbocycles. The highest BCUT2D eigenvalue weighted by atomic mass is 16.5. The van der Waals surface area contributed by atoms with Crippen molar-refractivity contribution in [3.05, 3.63) is 69.8 Å². The summed E-state index contributed by atoms with van der Waals surface area (Å²) in [7, 11) is 0. The third kappa shape index (κ3) is 5.35. The fourth-order valence-electron chi connectivity index (χ4n) is 3.50. The molecule has 0 radical (unpaired) electrons. The van der Waals surface area contributed by atoms with Gasteiger partial charge in [-0.2, -0.15) is 5.26 Å². The van der Waals surface area contributed by atoms with Gasteiger partial charge in [-0.3, -0.25) is 0 Å². The van der Waals surface area contributed by atoms with Gasteiger partial charge in [-0.15, -0.1) is 0 Å². The number of aromatic hydroxyl groups is 1. The van der Waals surface area contributed by atoms with Gasteiger partial charge in [0.2, 0.25) is 0 Å². The average molecular weight is 420 g/mol. The Hall–Kier alpha value is -3.06. The van der Waals surface area contributed by atoms with Crippen LogP contribution in [0.1, 0.15) is 76.3 Å². The second kappa shape index (κ2) is 8.98. The molecule has 0 aliphatic rings. The zero-order valence-corrected chi connectivity index (χ0v) is 19.9. The van der Waals surface area contributed by atoms with Gasteiger partial charge in [0, 0.05) is 16.7 Å². The minimum absolute atomic E-state index is 0.0453. The molecule has 0 saturated carbocycles. The molecular formula is C27H33NO3. The van der Waals surface area contributed by atoms with Crippen molar-refractivity contribution in [1.82, 2.24) is 0 Å². The Kier molecular flexibility index (Phi) is 7.01. The van der Waals surface area contributed by atoms with Crippen LogP contribution in [0.5, 0.6) is 5.75 Å². The molecule has 31 heavy (non-hydrogen) atoms. The van der Waals surface area contributed by atoms with Crippen LogP contribution in [0.15, 0.2) is 42.0 Å². The van der Waals surface area contributed by atoms with Gasteiger partial charge in [0.25, 0.3) is 0 Å². The van der Waals surface area contributed by atoms with Crippen LogP contribution in [0.4, 0.5) is 0 Å². The molecule has 0 bridgehead atoms. The van der Waals surface area contributed by atoms with Crippen molar-refractivity contribution in [3.8, 4) is 11.8 Å². The zero-order valence-electron chi connectivity index (χ0n) is 19.9. The summed E-state index contributed by atoms with van der Waals surface area (Å²) < 4.78 is 5.19. The van der Waals surface area contributed by atoms with E-state index in [1.165, 1.54) is 0 Å². The maximum atomic E-state index is 12.7. The van der Waals surface area contributed by atoms with Crippen LogP contribution >= 0.6 is 0 Å². The first-order chi connectivity index (χ1) is 14.3. The van der Waals surface area contributed by atoms with E-state index in [2.05, 4.69) is 6.07 Å². The zero-order chi connectivity index (χ0) is 23.6. The summed E-state index contributed by atoms with van der Waals surface area (Å²) in [4.78, 5) is 12.7. The average Bonchev–Trinajstić information content (AvgIpc) is 2.65. The third-order valence-corrected chi connectivity index (χ3v) is 5.20. The molecule has 0 aliphatic heterocycles. The van der Waals surface area contributed by atoms with E-state index in [0.29, 0.717) is 11.1 Å². The van der Waals surface area contributed by atoms with Crippen LogP contribution in [-0.4, -0.2) is 17.7 Å². The summed E-state index contributed by atoms with van der Waals surface area (Å²) in [5.41, 5.74) is 3.86. The Morgan fingerprint density at radius 1 is 0.968 bits per heavy atom. The van der Waals surface area contributed by atoms with E-state index in [-0.39, 0.29) is 28.8 Å². The lowest BCUT2D eigenvalue weighted by molar-refractivity contribution is -0.137. The number of carbonyl (C=O) groups excluding carboxylic acids is 1. The van der Waals surface area contributed by atoms with E-state index in [1.54, 1.807) is 6.92 Å². The van der Waals surface area contributed by atoms with Crippen molar-refractivity contribution in [2.45, 2.75) is 66.2 Å². The summed E-state index contributed by atoms with van der Waals surface area (Å²) in [5, 5.41) is 21.0. The molecule has 1 N–H and O–H groups in total. The topological polar surface area (TPSA) is 70.3 Å². The predicted molar refractivity (Wildman–Crippen MR) is 125 cm³/mol. The van der Waals surface area contributed by atoms with Crippen molar-refractivity contribution < 1.29 is 14.6 Å². The lowest BCUT2D eigenvalue weighted by Gasteiger charge is -2.29. The fourth-order valence-corrected chi connectivity index (χ4v) is 3.50. The van der Waals surface area contributed by atoms with Gasteiger partial charge in [0.1, 0.15) is 17.4 Å². The number of hydrogen-bond acceptors (Lipinski definition) is 4. The lowest BCUT2D eigenvalue weighted by Crippen LogP contribution is -2.18. The molecule has 0 saturated heterocycles. The number of hydrogen-bond donors (Lipinski definition) is 1. The van der Waals surface area contributed by atoms with Crippen LogP contribution in [0.2, 0.25) is 0 Å². The van der Waals surface area contributed by atoms with Crippen LogP contribution < -0.4 is 0 Å². The van der Waals surface area contributed by atoms with Crippen molar-refractivity contribution >= 4 is 11.5 Å². The van der Waals surface area contributed by atoms with Gasteiger partial charge in [-0.1, -0.05) is 71.4 Å². The summed E-state index contributed by atoms with van der Waals surface area (Å²) >= 11 is 0. The number of benzene rings is 2. The van der Waals surface area contributed by atoms with Crippen molar-refractivity contribution in [2.24, 2.45) is 0 Å². The maximum Gasteiger partial charge on any atom is 0.349 e. The Morgan fingerprint density at radius 2 is 1.45 bits per heavy atom. The molecule has 0 heterocycles.